The van der Waals surface area contributed by atoms with Gasteiger partial charge in [-0.25, -0.2) is 9.59 Å². The molecule has 0 spiro atoms. The third-order valence-electron chi connectivity index (χ3n) is 3.17. The molecule has 1 aliphatic carbocycles. The Labute approximate surface area is 120 Å². The number of hydrogen-bond acceptors (Lipinski definition) is 6. The molecule has 5 N–H and O–H groups in total. The van der Waals surface area contributed by atoms with Crippen LogP contribution in [-0.2, 0) is 4.79 Å². The molecule has 0 bridgehead atoms. The van der Waals surface area contributed by atoms with E-state index >= 15 is 0 Å². The molecule has 9 nitrogen and oxygen atoms in total. The van der Waals surface area contributed by atoms with Crippen LogP contribution in [-0.4, -0.2) is 32.8 Å². The standard InChI is InChI=1S/C12H17N5O4/c1-3-7(9-15-8(6(2)13)17-21-9)14-11(20)16-12(4-5-12)10(18)19/h3,6-7H,1,4-5,13H2,2H3,(H,18,19)(H2,14,16,20)/t6-,7-/m0/s1. The van der Waals surface area contributed by atoms with Crippen LogP contribution < -0.4 is 16.4 Å². The number of carboxylic acids is 1. The van der Waals surface area contributed by atoms with E-state index in [4.69, 9.17) is 15.4 Å². The predicted octanol–water partition coefficient (Wildman–Crippen LogP) is 0.233. The van der Waals surface area contributed by atoms with Crippen molar-refractivity contribution in [3.8, 4) is 0 Å². The molecule has 0 radical (unpaired) electrons. The van der Waals surface area contributed by atoms with Gasteiger partial charge in [-0.2, -0.15) is 4.98 Å². The molecule has 2 rings (SSSR count). The Kier molecular flexibility index (Phi) is 3.94. The van der Waals surface area contributed by atoms with E-state index in [9.17, 15) is 9.59 Å². The summed E-state index contributed by atoms with van der Waals surface area (Å²) in [5.41, 5.74) is 4.45. The molecule has 1 heterocycles. The normalized spacial score (nSPS) is 18.4. The Morgan fingerprint density at radius 3 is 2.67 bits per heavy atom. The maximum atomic E-state index is 11.8. The van der Waals surface area contributed by atoms with E-state index in [0.717, 1.165) is 0 Å². The zero-order valence-electron chi connectivity index (χ0n) is 11.5. The minimum Gasteiger partial charge on any atom is -0.480 e. The smallest absolute Gasteiger partial charge is 0.329 e. The average Bonchev–Trinajstić information content (AvgIpc) is 3.03. The highest BCUT2D eigenvalue weighted by Crippen LogP contribution is 2.35. The Hall–Kier alpha value is -2.42. The Morgan fingerprint density at radius 1 is 1.57 bits per heavy atom. The third-order valence-corrected chi connectivity index (χ3v) is 3.17. The van der Waals surface area contributed by atoms with Gasteiger partial charge in [0.25, 0.3) is 5.89 Å². The number of aromatic nitrogens is 2. The van der Waals surface area contributed by atoms with Gasteiger partial charge in [0.15, 0.2) is 5.82 Å². The van der Waals surface area contributed by atoms with Gasteiger partial charge in [-0.3, -0.25) is 0 Å². The van der Waals surface area contributed by atoms with Crippen molar-refractivity contribution in [2.45, 2.75) is 37.4 Å². The molecule has 0 saturated heterocycles. The number of carbonyl (C=O) groups is 2. The van der Waals surface area contributed by atoms with Crippen molar-refractivity contribution in [2.24, 2.45) is 5.73 Å². The first-order valence-electron chi connectivity index (χ1n) is 6.41. The lowest BCUT2D eigenvalue weighted by Crippen LogP contribution is -2.48. The van der Waals surface area contributed by atoms with Gasteiger partial charge in [-0.15, -0.1) is 6.58 Å². The monoisotopic (exact) mass is 295 g/mol. The number of aliphatic carboxylic acids is 1. The molecule has 0 aliphatic heterocycles. The van der Waals surface area contributed by atoms with E-state index in [2.05, 4.69) is 27.4 Å². The van der Waals surface area contributed by atoms with Gasteiger partial charge in [0, 0.05) is 0 Å². The predicted molar refractivity (Wildman–Crippen MR) is 71.1 cm³/mol. The first kappa shape index (κ1) is 15.0. The molecule has 0 unspecified atom stereocenters. The van der Waals surface area contributed by atoms with Gasteiger partial charge >= 0.3 is 12.0 Å². The van der Waals surface area contributed by atoms with Crippen LogP contribution in [0.25, 0.3) is 0 Å². The van der Waals surface area contributed by atoms with E-state index < -0.39 is 29.6 Å². The number of carbonyl (C=O) groups excluding carboxylic acids is 1. The number of nitrogens with two attached hydrogens (primary N) is 1. The van der Waals surface area contributed by atoms with Gasteiger partial charge in [0.2, 0.25) is 0 Å². The summed E-state index contributed by atoms with van der Waals surface area (Å²) in [4.78, 5) is 26.9. The van der Waals surface area contributed by atoms with Crippen LogP contribution in [0.4, 0.5) is 4.79 Å². The number of hydrogen-bond donors (Lipinski definition) is 4. The minimum atomic E-state index is -1.17. The quantitative estimate of drug-likeness (QED) is 0.550. The van der Waals surface area contributed by atoms with Gasteiger partial charge in [-0.05, 0) is 19.8 Å². The molecule has 1 saturated carbocycles. The fourth-order valence-corrected chi connectivity index (χ4v) is 1.69. The Morgan fingerprint density at radius 2 is 2.24 bits per heavy atom. The van der Waals surface area contributed by atoms with E-state index in [1.807, 2.05) is 0 Å². The van der Waals surface area contributed by atoms with E-state index in [-0.39, 0.29) is 5.89 Å². The molecule has 1 aliphatic rings. The summed E-state index contributed by atoms with van der Waals surface area (Å²) >= 11 is 0. The first-order valence-corrected chi connectivity index (χ1v) is 6.41. The zero-order valence-corrected chi connectivity index (χ0v) is 11.5. The van der Waals surface area contributed by atoms with Gasteiger partial charge in [-0.1, -0.05) is 11.2 Å². The summed E-state index contributed by atoms with van der Waals surface area (Å²) in [7, 11) is 0. The third kappa shape index (κ3) is 3.19. The maximum Gasteiger partial charge on any atom is 0.329 e. The molecule has 9 heteroatoms. The summed E-state index contributed by atoms with van der Waals surface area (Å²) in [5.74, 6) is -0.610. The van der Waals surface area contributed by atoms with Crippen LogP contribution >= 0.6 is 0 Å². The van der Waals surface area contributed by atoms with Crippen molar-refractivity contribution >= 4 is 12.0 Å². The molecule has 2 amide bonds. The van der Waals surface area contributed by atoms with Crippen LogP contribution in [0.3, 0.4) is 0 Å². The van der Waals surface area contributed by atoms with Crippen molar-refractivity contribution in [3.05, 3.63) is 24.4 Å². The minimum absolute atomic E-state index is 0.132. The van der Waals surface area contributed by atoms with E-state index in [0.29, 0.717) is 18.7 Å². The lowest BCUT2D eigenvalue weighted by Gasteiger charge is -2.15. The van der Waals surface area contributed by atoms with Gasteiger partial charge < -0.3 is 26.0 Å². The second kappa shape index (κ2) is 5.52. The fourth-order valence-electron chi connectivity index (χ4n) is 1.69. The molecule has 0 aromatic carbocycles. The molecule has 1 aromatic rings. The van der Waals surface area contributed by atoms with E-state index in [1.165, 1.54) is 6.08 Å². The highest BCUT2D eigenvalue weighted by molar-refractivity contribution is 5.89. The fraction of sp³-hybridized carbons (Fsp3) is 0.500. The lowest BCUT2D eigenvalue weighted by molar-refractivity contribution is -0.140. The zero-order chi connectivity index (χ0) is 15.6. The molecule has 1 aromatic heterocycles. The molecule has 1 fully saturated rings. The van der Waals surface area contributed by atoms with Gasteiger partial charge in [0.1, 0.15) is 11.6 Å². The summed E-state index contributed by atoms with van der Waals surface area (Å²) in [6, 6.07) is -1.77. The molecule has 21 heavy (non-hydrogen) atoms. The Bertz CT molecular complexity index is 564. The second-order valence-electron chi connectivity index (χ2n) is 4.98. The highest BCUT2D eigenvalue weighted by atomic mass is 16.5. The molecule has 2 atom stereocenters. The second-order valence-corrected chi connectivity index (χ2v) is 4.98. The number of rotatable bonds is 6. The Balaban J connectivity index is 2.00. The van der Waals surface area contributed by atoms with Crippen molar-refractivity contribution in [3.63, 3.8) is 0 Å². The largest absolute Gasteiger partial charge is 0.480 e. The van der Waals surface area contributed by atoms with Crippen LogP contribution in [0.2, 0.25) is 0 Å². The summed E-state index contributed by atoms with van der Waals surface area (Å²) in [5, 5.41) is 17.6. The van der Waals surface area contributed by atoms with Crippen LogP contribution in [0.5, 0.6) is 0 Å². The molecular formula is C12H17N5O4. The molecule has 114 valence electrons. The van der Waals surface area contributed by atoms with Crippen molar-refractivity contribution in [1.29, 1.82) is 0 Å². The highest BCUT2D eigenvalue weighted by Gasteiger charge is 2.51. The van der Waals surface area contributed by atoms with Crippen molar-refractivity contribution in [1.82, 2.24) is 20.8 Å². The summed E-state index contributed by atoms with van der Waals surface area (Å²) in [6.45, 7) is 5.27. The SMILES string of the molecule is C=C[C@H](NC(=O)NC1(C(=O)O)CC1)c1nc([C@H](C)N)no1. The number of carboxylic acid groups (broad SMARTS) is 1. The number of urea groups is 1. The summed E-state index contributed by atoms with van der Waals surface area (Å²) in [6.07, 6.45) is 2.21. The topological polar surface area (TPSA) is 143 Å². The molecular weight excluding hydrogens is 278 g/mol. The number of amides is 2. The van der Waals surface area contributed by atoms with Crippen molar-refractivity contribution in [2.75, 3.05) is 0 Å². The van der Waals surface area contributed by atoms with E-state index in [1.54, 1.807) is 6.92 Å². The lowest BCUT2D eigenvalue weighted by atomic mass is 10.2. The summed E-state index contributed by atoms with van der Waals surface area (Å²) < 4.78 is 5.00. The van der Waals surface area contributed by atoms with Crippen molar-refractivity contribution < 1.29 is 19.2 Å². The van der Waals surface area contributed by atoms with Crippen LogP contribution in [0, 0.1) is 0 Å². The maximum absolute atomic E-state index is 11.8. The van der Waals surface area contributed by atoms with Gasteiger partial charge in [0.05, 0.1) is 6.04 Å². The first-order chi connectivity index (χ1) is 9.88. The number of nitrogens with one attached hydrogen (secondary N) is 2. The van der Waals surface area contributed by atoms with Crippen LogP contribution in [0.1, 0.15) is 43.6 Å². The number of nitrogens with zero attached hydrogens (tertiary/aromatic N) is 2. The average molecular weight is 295 g/mol. The van der Waals surface area contributed by atoms with Crippen LogP contribution in [0.15, 0.2) is 17.2 Å².